The molecule has 0 aromatic carbocycles. The highest BCUT2D eigenvalue weighted by Gasteiger charge is 2.42. The Labute approximate surface area is 131 Å². The van der Waals surface area contributed by atoms with Crippen molar-refractivity contribution in [1.29, 1.82) is 0 Å². The topological polar surface area (TPSA) is 41.7 Å². The zero-order valence-corrected chi connectivity index (χ0v) is 14.5. The molecule has 0 bridgehead atoms. The zero-order chi connectivity index (χ0) is 15.5. The molecular weight excluding hydrogens is 262 g/mol. The van der Waals surface area contributed by atoms with Crippen LogP contribution in [0.3, 0.4) is 0 Å². The highest BCUT2D eigenvalue weighted by molar-refractivity contribution is 4.98. The number of hydrogen-bond acceptors (Lipinski definition) is 4. The van der Waals surface area contributed by atoms with Gasteiger partial charge in [0.15, 0.2) is 0 Å². The first-order valence-corrected chi connectivity index (χ1v) is 8.83. The van der Waals surface area contributed by atoms with Gasteiger partial charge in [0.05, 0.1) is 6.10 Å². The highest BCUT2D eigenvalue weighted by atomic mass is 16.5. The minimum absolute atomic E-state index is 0.175. The van der Waals surface area contributed by atoms with Gasteiger partial charge in [0.1, 0.15) is 0 Å². The third-order valence-electron chi connectivity index (χ3n) is 5.80. The second-order valence-corrected chi connectivity index (χ2v) is 7.32. The van der Waals surface area contributed by atoms with E-state index in [1.165, 1.54) is 19.5 Å². The van der Waals surface area contributed by atoms with Crippen LogP contribution in [0.25, 0.3) is 0 Å². The number of hydrogen-bond donors (Lipinski definition) is 1. The average molecular weight is 297 g/mol. The summed E-state index contributed by atoms with van der Waals surface area (Å²) in [5.74, 6) is 0.581. The molecular formula is C17H35N3O. The molecule has 2 aliphatic heterocycles. The van der Waals surface area contributed by atoms with Crippen LogP contribution < -0.4 is 5.73 Å². The predicted molar refractivity (Wildman–Crippen MR) is 88.5 cm³/mol. The van der Waals surface area contributed by atoms with Gasteiger partial charge in [-0.1, -0.05) is 20.8 Å². The Morgan fingerprint density at radius 1 is 1.19 bits per heavy atom. The third-order valence-corrected chi connectivity index (χ3v) is 5.80. The van der Waals surface area contributed by atoms with E-state index in [4.69, 9.17) is 10.5 Å². The van der Waals surface area contributed by atoms with Gasteiger partial charge in [-0.2, -0.15) is 0 Å². The number of nitrogens with zero attached hydrogens (tertiary/aromatic N) is 2. The first-order valence-electron chi connectivity index (χ1n) is 8.83. The molecule has 21 heavy (non-hydrogen) atoms. The summed E-state index contributed by atoms with van der Waals surface area (Å²) < 4.78 is 5.97. The number of ether oxygens (including phenoxy) is 1. The van der Waals surface area contributed by atoms with Gasteiger partial charge in [0.2, 0.25) is 0 Å². The molecule has 2 saturated heterocycles. The number of rotatable bonds is 5. The van der Waals surface area contributed by atoms with E-state index in [2.05, 4.69) is 37.5 Å². The normalized spacial score (nSPS) is 34.3. The molecule has 124 valence electrons. The molecule has 2 heterocycles. The van der Waals surface area contributed by atoms with E-state index in [1.807, 2.05) is 0 Å². The molecule has 2 N–H and O–H groups in total. The molecule has 4 nitrogen and oxygen atoms in total. The molecule has 0 aromatic rings. The maximum Gasteiger partial charge on any atom is 0.0616 e. The lowest BCUT2D eigenvalue weighted by Gasteiger charge is -2.52. The van der Waals surface area contributed by atoms with E-state index in [0.717, 1.165) is 39.1 Å². The fraction of sp³-hybridized carbons (Fsp3) is 1.00. The molecule has 0 spiro atoms. The predicted octanol–water partition coefficient (Wildman–Crippen LogP) is 1.94. The molecule has 2 fully saturated rings. The van der Waals surface area contributed by atoms with Crippen molar-refractivity contribution in [3.05, 3.63) is 0 Å². The second-order valence-electron chi connectivity index (χ2n) is 7.32. The Kier molecular flexibility index (Phi) is 6.06. The summed E-state index contributed by atoms with van der Waals surface area (Å²) in [5, 5.41) is 0. The van der Waals surface area contributed by atoms with Crippen molar-refractivity contribution in [3.8, 4) is 0 Å². The molecule has 2 aliphatic rings. The summed E-state index contributed by atoms with van der Waals surface area (Å²) in [4.78, 5) is 5.30. The molecule has 2 rings (SSSR count). The van der Waals surface area contributed by atoms with Crippen LogP contribution in [0.5, 0.6) is 0 Å². The third kappa shape index (κ3) is 3.79. The monoisotopic (exact) mass is 297 g/mol. The van der Waals surface area contributed by atoms with Crippen LogP contribution in [0.15, 0.2) is 0 Å². The van der Waals surface area contributed by atoms with Gasteiger partial charge in [0, 0.05) is 50.9 Å². The Morgan fingerprint density at radius 3 is 2.38 bits per heavy atom. The summed E-state index contributed by atoms with van der Waals surface area (Å²) in [6.07, 6.45) is 3.81. The molecule has 3 atom stereocenters. The van der Waals surface area contributed by atoms with Gasteiger partial charge in [-0.05, 0) is 32.1 Å². The molecule has 4 heteroatoms. The van der Waals surface area contributed by atoms with Crippen LogP contribution in [0.2, 0.25) is 0 Å². The Morgan fingerprint density at radius 2 is 1.86 bits per heavy atom. The smallest absolute Gasteiger partial charge is 0.0616 e. The lowest BCUT2D eigenvalue weighted by Crippen LogP contribution is -2.64. The Hall–Kier alpha value is -0.160. The van der Waals surface area contributed by atoms with Crippen LogP contribution in [-0.4, -0.2) is 66.8 Å². The Balaban J connectivity index is 1.98. The molecule has 0 aromatic heterocycles. The van der Waals surface area contributed by atoms with Gasteiger partial charge in [0.25, 0.3) is 0 Å². The Bertz CT molecular complexity index is 315. The lowest BCUT2D eigenvalue weighted by atomic mass is 9.81. The van der Waals surface area contributed by atoms with Crippen molar-refractivity contribution < 1.29 is 4.74 Å². The summed E-state index contributed by atoms with van der Waals surface area (Å²) in [7, 11) is 0. The van der Waals surface area contributed by atoms with E-state index >= 15 is 0 Å². The van der Waals surface area contributed by atoms with Crippen LogP contribution >= 0.6 is 0 Å². The summed E-state index contributed by atoms with van der Waals surface area (Å²) in [6.45, 7) is 15.5. The minimum Gasteiger partial charge on any atom is -0.378 e. The van der Waals surface area contributed by atoms with Gasteiger partial charge < -0.3 is 10.5 Å². The van der Waals surface area contributed by atoms with Gasteiger partial charge in [-0.15, -0.1) is 0 Å². The van der Waals surface area contributed by atoms with E-state index in [9.17, 15) is 0 Å². The molecule has 0 amide bonds. The first kappa shape index (κ1) is 17.2. The van der Waals surface area contributed by atoms with Gasteiger partial charge in [-0.25, -0.2) is 0 Å². The van der Waals surface area contributed by atoms with Crippen molar-refractivity contribution in [3.63, 3.8) is 0 Å². The van der Waals surface area contributed by atoms with Gasteiger partial charge >= 0.3 is 0 Å². The van der Waals surface area contributed by atoms with E-state index in [-0.39, 0.29) is 5.54 Å². The number of nitrogens with two attached hydrogens (primary N) is 1. The molecule has 0 aliphatic carbocycles. The standard InChI is InChI=1S/C17H35N3O/c1-5-15(4)19-7-9-20(10-8-19)17(13-18)6-11-21-16(12-17)14(2)3/h14-16H,5-13,18H2,1-4H3. The van der Waals surface area contributed by atoms with Crippen LogP contribution in [0.1, 0.15) is 47.0 Å². The fourth-order valence-corrected chi connectivity index (χ4v) is 3.86. The molecule has 0 radical (unpaired) electrons. The minimum atomic E-state index is 0.175. The number of piperazine rings is 1. The van der Waals surface area contributed by atoms with Crippen molar-refractivity contribution in [2.75, 3.05) is 39.3 Å². The van der Waals surface area contributed by atoms with Crippen molar-refractivity contribution in [2.24, 2.45) is 11.7 Å². The SMILES string of the molecule is CCC(C)N1CCN(C2(CN)CCOC(C(C)C)C2)CC1. The van der Waals surface area contributed by atoms with E-state index in [0.29, 0.717) is 18.1 Å². The largest absolute Gasteiger partial charge is 0.378 e. The maximum atomic E-state index is 6.24. The molecule has 3 unspecified atom stereocenters. The lowest BCUT2D eigenvalue weighted by molar-refractivity contribution is -0.0978. The van der Waals surface area contributed by atoms with Crippen LogP contribution in [0.4, 0.5) is 0 Å². The van der Waals surface area contributed by atoms with Crippen LogP contribution in [-0.2, 0) is 4.74 Å². The first-order chi connectivity index (χ1) is 10.0. The zero-order valence-electron chi connectivity index (χ0n) is 14.5. The van der Waals surface area contributed by atoms with Crippen molar-refractivity contribution in [2.45, 2.75) is 64.6 Å². The van der Waals surface area contributed by atoms with E-state index in [1.54, 1.807) is 0 Å². The molecule has 0 saturated carbocycles. The summed E-state index contributed by atoms with van der Waals surface area (Å²) >= 11 is 0. The fourth-order valence-electron chi connectivity index (χ4n) is 3.86. The van der Waals surface area contributed by atoms with Crippen LogP contribution in [0, 0.1) is 5.92 Å². The van der Waals surface area contributed by atoms with E-state index < -0.39 is 0 Å². The van der Waals surface area contributed by atoms with Crippen molar-refractivity contribution >= 4 is 0 Å². The maximum absolute atomic E-state index is 6.24. The second kappa shape index (κ2) is 7.40. The van der Waals surface area contributed by atoms with Crippen molar-refractivity contribution in [1.82, 2.24) is 9.80 Å². The average Bonchev–Trinajstić information content (AvgIpc) is 2.54. The highest BCUT2D eigenvalue weighted by Crippen LogP contribution is 2.33. The summed E-state index contributed by atoms with van der Waals surface area (Å²) in [5.41, 5.74) is 6.42. The summed E-state index contributed by atoms with van der Waals surface area (Å²) in [6, 6.07) is 0.707. The van der Waals surface area contributed by atoms with Gasteiger partial charge in [-0.3, -0.25) is 9.80 Å². The quantitative estimate of drug-likeness (QED) is 0.842.